The molecule has 0 radical (unpaired) electrons. The molecule has 0 aliphatic rings. The molecule has 5 aromatic rings. The van der Waals surface area contributed by atoms with Gasteiger partial charge in [0.25, 0.3) is 0 Å². The molecule has 3 aromatic heterocycles. The molecule has 0 aliphatic carbocycles. The molecule has 6 heteroatoms. The van der Waals surface area contributed by atoms with Gasteiger partial charge in [0, 0.05) is 41.8 Å². The van der Waals surface area contributed by atoms with Crippen molar-refractivity contribution < 1.29 is 4.79 Å². The van der Waals surface area contributed by atoms with Crippen LogP contribution < -0.4 is 5.32 Å². The molecule has 29 heavy (non-hydrogen) atoms. The van der Waals surface area contributed by atoms with E-state index >= 15 is 0 Å². The zero-order chi connectivity index (χ0) is 19.6. The molecule has 0 saturated carbocycles. The number of nitrogens with one attached hydrogen (secondary N) is 2. The zero-order valence-corrected chi connectivity index (χ0v) is 15.7. The summed E-state index contributed by atoms with van der Waals surface area (Å²) in [5, 5.41) is 5.26. The van der Waals surface area contributed by atoms with E-state index < -0.39 is 0 Å². The Morgan fingerprint density at radius 1 is 0.931 bits per heavy atom. The van der Waals surface area contributed by atoms with Crippen LogP contribution >= 0.6 is 0 Å². The molecule has 0 saturated heterocycles. The van der Waals surface area contributed by atoms with Crippen molar-refractivity contribution in [2.45, 2.75) is 6.54 Å². The third kappa shape index (κ3) is 3.14. The second kappa shape index (κ2) is 7.24. The minimum Gasteiger partial charge on any atom is -0.368 e. The number of benzene rings is 2. The SMILES string of the molecule is O=Cc1c(-c2nc(NCCn3cccc3)c3ccccc3n2)[nH]c2ccccc12. The van der Waals surface area contributed by atoms with Crippen molar-refractivity contribution in [3.63, 3.8) is 0 Å². The second-order valence-electron chi connectivity index (χ2n) is 6.84. The molecule has 5 rings (SSSR count). The number of anilines is 1. The average molecular weight is 381 g/mol. The van der Waals surface area contributed by atoms with E-state index in [0.717, 1.165) is 47.0 Å². The molecular weight excluding hydrogens is 362 g/mol. The Kier molecular flexibility index (Phi) is 4.29. The third-order valence-electron chi connectivity index (χ3n) is 5.02. The van der Waals surface area contributed by atoms with Crippen LogP contribution in [0.2, 0.25) is 0 Å². The summed E-state index contributed by atoms with van der Waals surface area (Å²) in [7, 11) is 0. The van der Waals surface area contributed by atoms with E-state index in [4.69, 9.17) is 9.97 Å². The first-order valence-electron chi connectivity index (χ1n) is 9.51. The summed E-state index contributed by atoms with van der Waals surface area (Å²) in [6.07, 6.45) is 4.93. The summed E-state index contributed by atoms with van der Waals surface area (Å²) in [6, 6.07) is 19.6. The highest BCUT2D eigenvalue weighted by Gasteiger charge is 2.17. The van der Waals surface area contributed by atoms with Gasteiger partial charge in [-0.1, -0.05) is 30.3 Å². The first kappa shape index (κ1) is 17.2. The van der Waals surface area contributed by atoms with Crippen LogP contribution in [-0.2, 0) is 6.54 Å². The van der Waals surface area contributed by atoms with Crippen molar-refractivity contribution in [1.29, 1.82) is 0 Å². The second-order valence-corrected chi connectivity index (χ2v) is 6.84. The number of hydrogen-bond donors (Lipinski definition) is 2. The number of fused-ring (bicyclic) bond motifs is 2. The largest absolute Gasteiger partial charge is 0.368 e. The number of para-hydroxylation sites is 2. The van der Waals surface area contributed by atoms with Crippen LogP contribution in [0.4, 0.5) is 5.82 Å². The summed E-state index contributed by atoms with van der Waals surface area (Å²) >= 11 is 0. The molecule has 0 atom stereocenters. The standard InChI is InChI=1S/C23H19N5O/c29-15-18-16-7-1-3-9-19(16)25-21(18)23-26-20-10-4-2-8-17(20)22(27-23)24-11-14-28-12-5-6-13-28/h1-10,12-13,15,25H,11,14H2,(H,24,26,27). The molecule has 3 heterocycles. The maximum Gasteiger partial charge on any atom is 0.179 e. The summed E-state index contributed by atoms with van der Waals surface area (Å²) in [4.78, 5) is 24.6. The van der Waals surface area contributed by atoms with Gasteiger partial charge in [0.05, 0.1) is 16.8 Å². The minimum atomic E-state index is 0.505. The molecule has 2 aromatic carbocycles. The van der Waals surface area contributed by atoms with Gasteiger partial charge in [-0.2, -0.15) is 0 Å². The number of aldehydes is 1. The van der Waals surface area contributed by atoms with Gasteiger partial charge in [0.15, 0.2) is 12.1 Å². The predicted octanol–water partition coefficient (Wildman–Crippen LogP) is 4.50. The summed E-state index contributed by atoms with van der Waals surface area (Å²) in [6.45, 7) is 1.55. The van der Waals surface area contributed by atoms with Crippen LogP contribution in [0.3, 0.4) is 0 Å². The van der Waals surface area contributed by atoms with Crippen molar-refractivity contribution in [3.8, 4) is 11.5 Å². The number of H-pyrrole nitrogens is 1. The van der Waals surface area contributed by atoms with Gasteiger partial charge in [-0.25, -0.2) is 9.97 Å². The van der Waals surface area contributed by atoms with Gasteiger partial charge in [0.2, 0.25) is 0 Å². The molecule has 0 amide bonds. The molecular formula is C23H19N5O. The van der Waals surface area contributed by atoms with E-state index in [0.29, 0.717) is 17.1 Å². The van der Waals surface area contributed by atoms with Crippen LogP contribution in [0.5, 0.6) is 0 Å². The molecule has 142 valence electrons. The van der Waals surface area contributed by atoms with Crippen LogP contribution in [0.1, 0.15) is 10.4 Å². The molecule has 0 fully saturated rings. The van der Waals surface area contributed by atoms with E-state index in [-0.39, 0.29) is 0 Å². The van der Waals surface area contributed by atoms with E-state index in [9.17, 15) is 4.79 Å². The van der Waals surface area contributed by atoms with Gasteiger partial charge < -0.3 is 14.9 Å². The molecule has 6 nitrogen and oxygen atoms in total. The number of aromatic nitrogens is 4. The maximum absolute atomic E-state index is 11.8. The summed E-state index contributed by atoms with van der Waals surface area (Å²) in [5.41, 5.74) is 2.94. The lowest BCUT2D eigenvalue weighted by Gasteiger charge is -2.11. The molecule has 0 bridgehead atoms. The van der Waals surface area contributed by atoms with Gasteiger partial charge in [0.1, 0.15) is 5.82 Å². The maximum atomic E-state index is 11.8. The van der Waals surface area contributed by atoms with E-state index in [1.54, 1.807) is 0 Å². The van der Waals surface area contributed by atoms with Crippen LogP contribution in [-0.4, -0.2) is 32.3 Å². The average Bonchev–Trinajstić information content (AvgIpc) is 3.41. The fourth-order valence-electron chi connectivity index (χ4n) is 3.61. The molecule has 0 aliphatic heterocycles. The highest BCUT2D eigenvalue weighted by Crippen LogP contribution is 2.30. The normalized spacial score (nSPS) is 11.2. The van der Waals surface area contributed by atoms with Crippen molar-refractivity contribution >= 4 is 33.9 Å². The Hall–Kier alpha value is -3.93. The first-order chi connectivity index (χ1) is 14.3. The van der Waals surface area contributed by atoms with Crippen LogP contribution in [0.25, 0.3) is 33.3 Å². The lowest BCUT2D eigenvalue weighted by molar-refractivity contribution is 0.112. The number of nitrogens with zero attached hydrogens (tertiary/aromatic N) is 3. The van der Waals surface area contributed by atoms with E-state index in [2.05, 4.69) is 14.9 Å². The topological polar surface area (TPSA) is 75.6 Å². The quantitative estimate of drug-likeness (QED) is 0.425. The van der Waals surface area contributed by atoms with Gasteiger partial charge in [-0.15, -0.1) is 0 Å². The predicted molar refractivity (Wildman–Crippen MR) is 115 cm³/mol. The Balaban J connectivity index is 1.59. The number of hydrogen-bond acceptors (Lipinski definition) is 4. The monoisotopic (exact) mass is 381 g/mol. The van der Waals surface area contributed by atoms with Crippen molar-refractivity contribution in [2.24, 2.45) is 0 Å². The number of aromatic amines is 1. The van der Waals surface area contributed by atoms with Crippen molar-refractivity contribution in [3.05, 3.63) is 78.6 Å². The lowest BCUT2D eigenvalue weighted by Crippen LogP contribution is -2.11. The molecule has 0 spiro atoms. The smallest absolute Gasteiger partial charge is 0.179 e. The first-order valence-corrected chi connectivity index (χ1v) is 9.51. The highest BCUT2D eigenvalue weighted by atomic mass is 16.1. The fourth-order valence-corrected chi connectivity index (χ4v) is 3.61. The van der Waals surface area contributed by atoms with Crippen LogP contribution in [0, 0.1) is 0 Å². The Morgan fingerprint density at radius 3 is 2.52 bits per heavy atom. The van der Waals surface area contributed by atoms with E-state index in [1.165, 1.54) is 0 Å². The number of rotatable bonds is 6. The molecule has 0 unspecified atom stereocenters. The van der Waals surface area contributed by atoms with Crippen molar-refractivity contribution in [1.82, 2.24) is 19.5 Å². The lowest BCUT2D eigenvalue weighted by atomic mass is 10.1. The summed E-state index contributed by atoms with van der Waals surface area (Å²) in [5.74, 6) is 1.26. The Labute approximate surface area is 167 Å². The number of carbonyl (C=O) groups is 1. The van der Waals surface area contributed by atoms with Crippen LogP contribution in [0.15, 0.2) is 73.1 Å². The number of carbonyl (C=O) groups excluding carboxylic acids is 1. The minimum absolute atomic E-state index is 0.505. The van der Waals surface area contributed by atoms with Gasteiger partial charge >= 0.3 is 0 Å². The van der Waals surface area contributed by atoms with E-state index in [1.807, 2.05) is 73.1 Å². The summed E-state index contributed by atoms with van der Waals surface area (Å²) < 4.78 is 2.11. The zero-order valence-electron chi connectivity index (χ0n) is 15.7. The highest BCUT2D eigenvalue weighted by molar-refractivity contribution is 6.04. The van der Waals surface area contributed by atoms with Gasteiger partial charge in [-0.05, 0) is 30.3 Å². The van der Waals surface area contributed by atoms with Gasteiger partial charge in [-0.3, -0.25) is 4.79 Å². The Morgan fingerprint density at radius 2 is 1.69 bits per heavy atom. The Bertz CT molecular complexity index is 1300. The fraction of sp³-hybridized carbons (Fsp3) is 0.0870. The molecule has 2 N–H and O–H groups in total. The third-order valence-corrected chi connectivity index (χ3v) is 5.02. The van der Waals surface area contributed by atoms with Crippen molar-refractivity contribution in [2.75, 3.05) is 11.9 Å².